The van der Waals surface area contributed by atoms with Crippen molar-refractivity contribution in [1.29, 1.82) is 0 Å². The molecule has 0 heterocycles. The lowest BCUT2D eigenvalue weighted by Crippen LogP contribution is -2.26. The maximum absolute atomic E-state index is 12.6. The van der Waals surface area contributed by atoms with Crippen LogP contribution in [0.4, 0.5) is 11.4 Å². The average Bonchev–Trinajstić information content (AvgIpc) is 2.88. The lowest BCUT2D eigenvalue weighted by atomic mass is 10.1. The number of nitro benzene ring substituents is 1. The van der Waals surface area contributed by atoms with Gasteiger partial charge in [-0.2, -0.15) is 0 Å². The van der Waals surface area contributed by atoms with E-state index >= 15 is 0 Å². The summed E-state index contributed by atoms with van der Waals surface area (Å²) in [4.78, 5) is 22.7. The summed E-state index contributed by atoms with van der Waals surface area (Å²) in [6.07, 6.45) is 0.444. The molecule has 37 heavy (non-hydrogen) atoms. The highest BCUT2D eigenvalue weighted by Crippen LogP contribution is 2.27. The minimum Gasteiger partial charge on any atom is -0.493 e. The molecule has 0 atom stereocenters. The molecular weight excluding hydrogens is 502 g/mol. The molecule has 0 spiro atoms. The van der Waals surface area contributed by atoms with E-state index in [2.05, 4.69) is 10.0 Å². The van der Waals surface area contributed by atoms with Gasteiger partial charge in [0.05, 0.1) is 29.7 Å². The molecule has 0 saturated heterocycles. The number of anilines is 1. The van der Waals surface area contributed by atoms with E-state index in [9.17, 15) is 23.3 Å². The van der Waals surface area contributed by atoms with Crippen molar-refractivity contribution in [2.24, 2.45) is 0 Å². The quantitative estimate of drug-likeness (QED) is 0.268. The Morgan fingerprint density at radius 1 is 0.973 bits per heavy atom. The van der Waals surface area contributed by atoms with E-state index < -0.39 is 20.9 Å². The summed E-state index contributed by atoms with van der Waals surface area (Å²) in [5.41, 5.74) is 1.70. The molecule has 0 aliphatic rings. The van der Waals surface area contributed by atoms with Crippen molar-refractivity contribution in [1.82, 2.24) is 4.72 Å². The van der Waals surface area contributed by atoms with Gasteiger partial charge in [-0.15, -0.1) is 0 Å². The highest BCUT2D eigenvalue weighted by Gasteiger charge is 2.15. The fourth-order valence-corrected chi connectivity index (χ4v) is 4.39. The third-order valence-corrected chi connectivity index (χ3v) is 6.84. The van der Waals surface area contributed by atoms with Crippen molar-refractivity contribution in [2.75, 3.05) is 32.7 Å². The van der Waals surface area contributed by atoms with Crippen molar-refractivity contribution in [3.05, 3.63) is 81.9 Å². The fraction of sp³-hybridized carbons (Fsp3) is 0.240. The van der Waals surface area contributed by atoms with Crippen LogP contribution in [-0.2, 0) is 21.2 Å². The van der Waals surface area contributed by atoms with Crippen LogP contribution in [-0.4, -0.2) is 46.6 Å². The lowest BCUT2D eigenvalue weighted by Gasteiger charge is -2.11. The second-order valence-corrected chi connectivity index (χ2v) is 9.67. The zero-order valence-electron chi connectivity index (χ0n) is 20.5. The molecule has 0 aromatic heterocycles. The van der Waals surface area contributed by atoms with Gasteiger partial charge in [0.1, 0.15) is 5.75 Å². The highest BCUT2D eigenvalue weighted by atomic mass is 32.2. The number of non-ortho nitro benzene ring substituents is 1. The molecule has 2 N–H and O–H groups in total. The number of sulfonamides is 1. The number of benzene rings is 3. The van der Waals surface area contributed by atoms with Gasteiger partial charge in [-0.25, -0.2) is 13.1 Å². The van der Waals surface area contributed by atoms with Crippen LogP contribution in [0.1, 0.15) is 11.1 Å². The van der Waals surface area contributed by atoms with Gasteiger partial charge in [0.2, 0.25) is 10.0 Å². The number of carbonyl (C=O) groups excluding carboxylic acids is 1. The Morgan fingerprint density at radius 2 is 1.68 bits per heavy atom. The third-order valence-electron chi connectivity index (χ3n) is 5.36. The smallest absolute Gasteiger partial charge is 0.271 e. The molecule has 0 aliphatic carbocycles. The van der Waals surface area contributed by atoms with Crippen molar-refractivity contribution in [2.45, 2.75) is 18.2 Å². The minimum absolute atomic E-state index is 0.0452. The number of hydrogen-bond acceptors (Lipinski definition) is 8. The molecular formula is C25H27N3O8S. The Kier molecular flexibility index (Phi) is 9.04. The summed E-state index contributed by atoms with van der Waals surface area (Å²) >= 11 is 0. The van der Waals surface area contributed by atoms with Crippen molar-refractivity contribution in [3.8, 4) is 17.2 Å². The first-order valence-electron chi connectivity index (χ1n) is 11.1. The van der Waals surface area contributed by atoms with Crippen molar-refractivity contribution >= 4 is 27.3 Å². The van der Waals surface area contributed by atoms with Crippen LogP contribution in [0.15, 0.2) is 65.6 Å². The second kappa shape index (κ2) is 12.2. The molecule has 3 aromatic rings. The third kappa shape index (κ3) is 7.41. The van der Waals surface area contributed by atoms with E-state index in [4.69, 9.17) is 14.2 Å². The number of ether oxygens (including phenoxy) is 3. The predicted octanol–water partition coefficient (Wildman–Crippen LogP) is 3.46. The molecule has 196 valence electrons. The number of methoxy groups -OCH3 is 2. The Morgan fingerprint density at radius 3 is 2.32 bits per heavy atom. The van der Waals surface area contributed by atoms with E-state index in [1.807, 2.05) is 6.07 Å². The Labute approximate surface area is 214 Å². The normalized spacial score (nSPS) is 11.0. The summed E-state index contributed by atoms with van der Waals surface area (Å²) in [5.74, 6) is 0.922. The van der Waals surface area contributed by atoms with Gasteiger partial charge in [-0.05, 0) is 60.9 Å². The number of hydrogen-bond donors (Lipinski definition) is 2. The Bertz CT molecular complexity index is 1380. The van der Waals surface area contributed by atoms with Crippen LogP contribution in [0, 0.1) is 17.0 Å². The molecule has 12 heteroatoms. The zero-order chi connectivity index (χ0) is 27.0. The molecule has 3 aromatic carbocycles. The van der Waals surface area contributed by atoms with Crippen LogP contribution < -0.4 is 24.2 Å². The van der Waals surface area contributed by atoms with Crippen LogP contribution in [0.5, 0.6) is 17.2 Å². The van der Waals surface area contributed by atoms with E-state index in [1.54, 1.807) is 19.1 Å². The molecule has 11 nitrogen and oxygen atoms in total. The number of aryl methyl sites for hydroxylation is 1. The summed E-state index contributed by atoms with van der Waals surface area (Å²) in [6, 6.07) is 15.2. The first-order chi connectivity index (χ1) is 17.6. The number of amides is 1. The monoisotopic (exact) mass is 529 g/mol. The zero-order valence-corrected chi connectivity index (χ0v) is 21.3. The first kappa shape index (κ1) is 27.4. The number of nitrogens with one attached hydrogen (secondary N) is 2. The summed E-state index contributed by atoms with van der Waals surface area (Å²) < 4.78 is 43.7. The van der Waals surface area contributed by atoms with Gasteiger partial charge in [0.25, 0.3) is 11.6 Å². The number of nitrogens with zero attached hydrogens (tertiary/aromatic N) is 1. The van der Waals surface area contributed by atoms with Gasteiger partial charge < -0.3 is 19.5 Å². The molecule has 0 bridgehead atoms. The van der Waals surface area contributed by atoms with Crippen LogP contribution >= 0.6 is 0 Å². The maximum atomic E-state index is 12.6. The van der Waals surface area contributed by atoms with Crippen molar-refractivity contribution in [3.63, 3.8) is 0 Å². The Balaban J connectivity index is 1.52. The maximum Gasteiger partial charge on any atom is 0.271 e. The van der Waals surface area contributed by atoms with E-state index in [1.165, 1.54) is 56.7 Å². The minimum atomic E-state index is -3.76. The summed E-state index contributed by atoms with van der Waals surface area (Å²) in [7, 11) is -0.690. The standard InChI is InChI=1S/C25H27N3O8S/c1-17-4-6-19(28(30)31)15-22(17)27-25(29)16-36-20-7-9-21(10-8-20)37(32,33)26-13-12-18-5-11-23(34-2)24(14-18)35-3/h4-11,14-15,26H,12-13,16H2,1-3H3,(H,27,29). The molecule has 0 radical (unpaired) electrons. The summed E-state index contributed by atoms with van der Waals surface area (Å²) in [6.45, 7) is 1.52. The largest absolute Gasteiger partial charge is 0.493 e. The van der Waals surface area contributed by atoms with Gasteiger partial charge >= 0.3 is 0 Å². The summed E-state index contributed by atoms with van der Waals surface area (Å²) in [5, 5.41) is 13.5. The number of rotatable bonds is 12. The predicted molar refractivity (Wildman–Crippen MR) is 137 cm³/mol. The van der Waals surface area contributed by atoms with E-state index in [-0.39, 0.29) is 29.5 Å². The van der Waals surface area contributed by atoms with Gasteiger partial charge in [0, 0.05) is 18.7 Å². The SMILES string of the molecule is COc1ccc(CCNS(=O)(=O)c2ccc(OCC(=O)Nc3cc([N+](=O)[O-])ccc3C)cc2)cc1OC. The topological polar surface area (TPSA) is 146 Å². The van der Waals surface area contributed by atoms with Crippen LogP contribution in [0.2, 0.25) is 0 Å². The number of nitro groups is 1. The van der Waals surface area contributed by atoms with Gasteiger partial charge in [-0.3, -0.25) is 14.9 Å². The van der Waals surface area contributed by atoms with E-state index in [0.29, 0.717) is 29.2 Å². The van der Waals surface area contributed by atoms with Crippen LogP contribution in [0.25, 0.3) is 0 Å². The van der Waals surface area contributed by atoms with Crippen molar-refractivity contribution < 1.29 is 32.3 Å². The van der Waals surface area contributed by atoms with Gasteiger partial charge in [-0.1, -0.05) is 12.1 Å². The fourth-order valence-electron chi connectivity index (χ4n) is 3.36. The molecule has 0 saturated carbocycles. The van der Waals surface area contributed by atoms with E-state index in [0.717, 1.165) is 5.56 Å². The van der Waals surface area contributed by atoms with Crippen LogP contribution in [0.3, 0.4) is 0 Å². The molecule has 0 fully saturated rings. The number of carbonyl (C=O) groups is 1. The lowest BCUT2D eigenvalue weighted by molar-refractivity contribution is -0.384. The molecule has 3 rings (SSSR count). The highest BCUT2D eigenvalue weighted by molar-refractivity contribution is 7.89. The Hall–Kier alpha value is -4.16. The second-order valence-electron chi connectivity index (χ2n) is 7.90. The average molecular weight is 530 g/mol. The van der Waals surface area contributed by atoms with Gasteiger partial charge in [0.15, 0.2) is 18.1 Å². The molecule has 1 amide bonds. The first-order valence-corrected chi connectivity index (χ1v) is 12.6. The molecule has 0 aliphatic heterocycles. The molecule has 0 unspecified atom stereocenters.